The first kappa shape index (κ1) is 22.2. The molecule has 9 heteroatoms. The number of sulfonamides is 1. The highest BCUT2D eigenvalue weighted by molar-refractivity contribution is 7.89. The molecule has 0 aliphatic carbocycles. The van der Waals surface area contributed by atoms with Gasteiger partial charge in [-0.2, -0.15) is 0 Å². The summed E-state index contributed by atoms with van der Waals surface area (Å²) in [6.07, 6.45) is 3.90. The summed E-state index contributed by atoms with van der Waals surface area (Å²) in [7, 11) is -3.75. The van der Waals surface area contributed by atoms with Crippen LogP contribution in [0, 0.1) is 6.92 Å². The van der Waals surface area contributed by atoms with Crippen LogP contribution >= 0.6 is 0 Å². The van der Waals surface area contributed by atoms with Crippen molar-refractivity contribution in [1.29, 1.82) is 0 Å². The van der Waals surface area contributed by atoms with E-state index < -0.39 is 10.0 Å². The number of aromatic nitrogens is 3. The summed E-state index contributed by atoms with van der Waals surface area (Å²) in [5, 5.41) is 2.19. The van der Waals surface area contributed by atoms with Crippen LogP contribution in [0.1, 0.15) is 35.3 Å². The van der Waals surface area contributed by atoms with Gasteiger partial charge in [0.25, 0.3) is 0 Å². The Morgan fingerprint density at radius 3 is 2.65 bits per heavy atom. The number of nitrogen functional groups attached to an aromatic ring is 1. The molecule has 3 N–H and O–H groups in total. The molecule has 2 aromatic heterocycles. The first-order valence-electron chi connectivity index (χ1n) is 11.1. The minimum atomic E-state index is -3.75. The Hall–Kier alpha value is -3.56. The van der Waals surface area contributed by atoms with Crippen molar-refractivity contribution in [2.45, 2.75) is 37.8 Å². The van der Waals surface area contributed by atoms with Gasteiger partial charge in [-0.25, -0.2) is 28.1 Å². The number of aryl methyl sites for hydroxylation is 1. The van der Waals surface area contributed by atoms with E-state index in [0.29, 0.717) is 6.54 Å². The zero-order valence-corrected chi connectivity index (χ0v) is 19.9. The van der Waals surface area contributed by atoms with E-state index in [4.69, 9.17) is 5.73 Å². The molecule has 0 spiro atoms. The van der Waals surface area contributed by atoms with Crippen molar-refractivity contribution in [3.8, 4) is 0 Å². The number of fused-ring (bicyclic) bond motifs is 2. The van der Waals surface area contributed by atoms with E-state index >= 15 is 0 Å². The first-order valence-corrected chi connectivity index (χ1v) is 12.6. The number of nitrogens with one attached hydrogen (secondary N) is 1. The highest BCUT2D eigenvalue weighted by Gasteiger charge is 2.24. The Kier molecular flexibility index (Phi) is 5.66. The molecule has 3 heterocycles. The fraction of sp³-hybridized carbons (Fsp3) is 0.240. The molecular formula is C25H26N6O2S. The van der Waals surface area contributed by atoms with Gasteiger partial charge >= 0.3 is 0 Å². The monoisotopic (exact) mass is 474 g/mol. The van der Waals surface area contributed by atoms with Gasteiger partial charge < -0.3 is 10.6 Å². The lowest BCUT2D eigenvalue weighted by Crippen LogP contribution is -2.33. The SMILES string of the molecule is Cc1cc(S(=O)(=O)NC(C)c2ccc3ccccc3c2)cnc1N1CCc2nc(N)ncc2C1. The van der Waals surface area contributed by atoms with Gasteiger partial charge in [0.15, 0.2) is 0 Å². The number of hydrogen-bond donors (Lipinski definition) is 2. The highest BCUT2D eigenvalue weighted by Crippen LogP contribution is 2.27. The van der Waals surface area contributed by atoms with Crippen molar-refractivity contribution in [1.82, 2.24) is 19.7 Å². The number of hydrogen-bond acceptors (Lipinski definition) is 7. The van der Waals surface area contributed by atoms with Gasteiger partial charge in [-0.3, -0.25) is 0 Å². The molecule has 0 saturated heterocycles. The van der Waals surface area contributed by atoms with Gasteiger partial charge in [0.2, 0.25) is 16.0 Å². The van der Waals surface area contributed by atoms with Crippen molar-refractivity contribution in [2.24, 2.45) is 0 Å². The van der Waals surface area contributed by atoms with E-state index in [-0.39, 0.29) is 16.9 Å². The summed E-state index contributed by atoms with van der Waals surface area (Å²) in [5.74, 6) is 1.03. The topological polar surface area (TPSA) is 114 Å². The zero-order chi connectivity index (χ0) is 23.9. The minimum absolute atomic E-state index is 0.148. The maximum absolute atomic E-state index is 13.1. The van der Waals surface area contributed by atoms with Crippen molar-refractivity contribution >= 4 is 32.6 Å². The lowest BCUT2D eigenvalue weighted by Gasteiger charge is -2.30. The zero-order valence-electron chi connectivity index (χ0n) is 19.1. The summed E-state index contributed by atoms with van der Waals surface area (Å²) in [6, 6.07) is 15.3. The van der Waals surface area contributed by atoms with E-state index in [9.17, 15) is 8.42 Å². The van der Waals surface area contributed by atoms with Gasteiger partial charge in [0.1, 0.15) is 10.7 Å². The molecule has 0 bridgehead atoms. The summed E-state index contributed by atoms with van der Waals surface area (Å²) in [5.41, 5.74) is 9.34. The van der Waals surface area contributed by atoms with E-state index in [0.717, 1.165) is 51.9 Å². The third-order valence-corrected chi connectivity index (χ3v) is 7.70. The Bertz CT molecular complexity index is 1490. The molecule has 1 aliphatic rings. The predicted molar refractivity (Wildman–Crippen MR) is 133 cm³/mol. The molecule has 1 aliphatic heterocycles. The molecule has 0 fully saturated rings. The van der Waals surface area contributed by atoms with Gasteiger partial charge in [0, 0.05) is 43.5 Å². The van der Waals surface area contributed by atoms with E-state index in [1.807, 2.05) is 56.3 Å². The van der Waals surface area contributed by atoms with Crippen LogP contribution in [0.5, 0.6) is 0 Å². The smallest absolute Gasteiger partial charge is 0.242 e. The Balaban J connectivity index is 1.35. The Morgan fingerprint density at radius 2 is 1.85 bits per heavy atom. The molecule has 4 aromatic rings. The lowest BCUT2D eigenvalue weighted by molar-refractivity contribution is 0.566. The van der Waals surface area contributed by atoms with E-state index in [2.05, 4.69) is 24.6 Å². The van der Waals surface area contributed by atoms with Crippen LogP contribution in [0.25, 0.3) is 10.8 Å². The van der Waals surface area contributed by atoms with Crippen LogP contribution in [-0.4, -0.2) is 29.9 Å². The van der Waals surface area contributed by atoms with Crippen LogP contribution in [0.4, 0.5) is 11.8 Å². The van der Waals surface area contributed by atoms with Crippen molar-refractivity contribution in [2.75, 3.05) is 17.2 Å². The van der Waals surface area contributed by atoms with Crippen molar-refractivity contribution < 1.29 is 8.42 Å². The molecule has 1 unspecified atom stereocenters. The average Bonchev–Trinajstić information content (AvgIpc) is 2.83. The summed E-state index contributed by atoms with van der Waals surface area (Å²) in [4.78, 5) is 15.2. The fourth-order valence-electron chi connectivity index (χ4n) is 4.38. The Labute approximate surface area is 198 Å². The number of anilines is 2. The second-order valence-electron chi connectivity index (χ2n) is 8.63. The number of pyridine rings is 1. The fourth-order valence-corrected chi connectivity index (χ4v) is 5.64. The molecule has 0 saturated carbocycles. The average molecular weight is 475 g/mol. The second-order valence-corrected chi connectivity index (χ2v) is 10.3. The summed E-state index contributed by atoms with van der Waals surface area (Å²) >= 11 is 0. The summed E-state index contributed by atoms with van der Waals surface area (Å²) < 4.78 is 29.0. The van der Waals surface area contributed by atoms with Gasteiger partial charge in [-0.15, -0.1) is 0 Å². The van der Waals surface area contributed by atoms with Crippen LogP contribution in [0.2, 0.25) is 0 Å². The van der Waals surface area contributed by atoms with E-state index in [1.165, 1.54) is 6.20 Å². The molecule has 2 aromatic carbocycles. The van der Waals surface area contributed by atoms with Gasteiger partial charge in [-0.1, -0.05) is 36.4 Å². The van der Waals surface area contributed by atoms with Crippen LogP contribution in [-0.2, 0) is 23.0 Å². The number of nitrogens with two attached hydrogens (primary N) is 1. The highest BCUT2D eigenvalue weighted by atomic mass is 32.2. The third kappa shape index (κ3) is 4.32. The van der Waals surface area contributed by atoms with Crippen molar-refractivity contribution in [3.05, 3.63) is 83.3 Å². The molecule has 0 amide bonds. The lowest BCUT2D eigenvalue weighted by atomic mass is 10.0. The van der Waals surface area contributed by atoms with Crippen LogP contribution in [0.15, 0.2) is 65.8 Å². The number of nitrogens with zero attached hydrogens (tertiary/aromatic N) is 4. The molecular weight excluding hydrogens is 448 g/mol. The molecule has 1 atom stereocenters. The Morgan fingerprint density at radius 1 is 1.06 bits per heavy atom. The van der Waals surface area contributed by atoms with Crippen LogP contribution < -0.4 is 15.4 Å². The maximum atomic E-state index is 13.1. The molecule has 5 rings (SSSR count). The maximum Gasteiger partial charge on any atom is 0.242 e. The standard InChI is InChI=1S/C25H26N6O2S/c1-16-11-22(14-27-24(16)31-10-9-23-21(15-31)13-28-25(26)29-23)34(32,33)30-17(2)19-8-7-18-5-3-4-6-20(18)12-19/h3-8,11-14,17,30H,9-10,15H2,1-2H3,(H2,26,28,29). The predicted octanol–water partition coefficient (Wildman–Crippen LogP) is 3.52. The molecule has 0 radical (unpaired) electrons. The quantitative estimate of drug-likeness (QED) is 0.455. The van der Waals surface area contributed by atoms with E-state index in [1.54, 1.807) is 12.3 Å². The van der Waals surface area contributed by atoms with Gasteiger partial charge in [0.05, 0.1) is 5.69 Å². The first-order chi connectivity index (χ1) is 16.3. The second kappa shape index (κ2) is 8.66. The molecule has 34 heavy (non-hydrogen) atoms. The number of rotatable bonds is 5. The summed E-state index contributed by atoms with van der Waals surface area (Å²) in [6.45, 7) is 5.05. The molecule has 174 valence electrons. The largest absolute Gasteiger partial charge is 0.368 e. The molecule has 8 nitrogen and oxygen atoms in total. The minimum Gasteiger partial charge on any atom is -0.368 e. The number of benzene rings is 2. The van der Waals surface area contributed by atoms with Gasteiger partial charge in [-0.05, 0) is 47.9 Å². The van der Waals surface area contributed by atoms with Crippen molar-refractivity contribution in [3.63, 3.8) is 0 Å². The third-order valence-electron chi connectivity index (χ3n) is 6.19. The van der Waals surface area contributed by atoms with Crippen LogP contribution in [0.3, 0.4) is 0 Å². The normalized spacial score (nSPS) is 14.7.